The monoisotopic (exact) mass is 235 g/mol. The van der Waals surface area contributed by atoms with Gasteiger partial charge in [-0.3, -0.25) is 0 Å². The third-order valence-electron chi connectivity index (χ3n) is 2.18. The summed E-state index contributed by atoms with van der Waals surface area (Å²) in [6.45, 7) is 2.54. The summed E-state index contributed by atoms with van der Waals surface area (Å²) >= 11 is 1.35. The highest BCUT2D eigenvalue weighted by Gasteiger charge is 2.01. The summed E-state index contributed by atoms with van der Waals surface area (Å²) in [5.41, 5.74) is 6.77. The van der Waals surface area contributed by atoms with Crippen LogP contribution in [0.4, 0.5) is 5.13 Å². The number of hydrogen-bond acceptors (Lipinski definition) is 5. The summed E-state index contributed by atoms with van der Waals surface area (Å²) in [5, 5.41) is 8.87. The van der Waals surface area contributed by atoms with Gasteiger partial charge < -0.3 is 10.5 Å². The number of nitrogens with zero attached hydrogens (tertiary/aromatic N) is 2. The molecule has 2 N–H and O–H groups in total. The largest absolute Gasteiger partial charge is 0.486 e. The molecule has 0 aliphatic heterocycles. The van der Waals surface area contributed by atoms with E-state index in [1.165, 1.54) is 16.9 Å². The van der Waals surface area contributed by atoms with Gasteiger partial charge in [0.05, 0.1) is 0 Å². The number of ether oxygens (including phenoxy) is 1. The van der Waals surface area contributed by atoms with Gasteiger partial charge in [0.2, 0.25) is 5.13 Å². The minimum atomic E-state index is 0.417. The molecule has 1 heterocycles. The molecule has 16 heavy (non-hydrogen) atoms. The molecule has 0 aliphatic rings. The van der Waals surface area contributed by atoms with E-state index >= 15 is 0 Å². The zero-order valence-corrected chi connectivity index (χ0v) is 9.83. The number of benzene rings is 1. The quantitative estimate of drug-likeness (QED) is 0.883. The van der Waals surface area contributed by atoms with Gasteiger partial charge in [-0.25, -0.2) is 0 Å². The Morgan fingerprint density at radius 3 is 2.56 bits per heavy atom. The van der Waals surface area contributed by atoms with Gasteiger partial charge in [0, 0.05) is 0 Å². The summed E-state index contributed by atoms with van der Waals surface area (Å²) in [6, 6.07) is 8.04. The molecule has 0 saturated heterocycles. The van der Waals surface area contributed by atoms with Crippen LogP contribution in [0.2, 0.25) is 0 Å². The molecule has 0 bridgehead atoms. The summed E-state index contributed by atoms with van der Waals surface area (Å²) in [7, 11) is 0. The van der Waals surface area contributed by atoms with E-state index in [0.29, 0.717) is 11.7 Å². The SMILES string of the molecule is CCc1ccc(OCc2nnc(N)s2)cc1. The number of aryl methyl sites for hydroxylation is 1. The zero-order chi connectivity index (χ0) is 11.4. The molecular formula is C11H13N3OS. The van der Waals surface area contributed by atoms with Crippen LogP contribution in [0.1, 0.15) is 17.5 Å². The van der Waals surface area contributed by atoms with Crippen molar-refractivity contribution in [2.24, 2.45) is 0 Å². The first-order valence-corrected chi connectivity index (χ1v) is 5.89. The van der Waals surface area contributed by atoms with Gasteiger partial charge in [-0.15, -0.1) is 10.2 Å². The van der Waals surface area contributed by atoms with Gasteiger partial charge >= 0.3 is 0 Å². The fraction of sp³-hybridized carbons (Fsp3) is 0.273. The van der Waals surface area contributed by atoms with Gasteiger partial charge in [-0.1, -0.05) is 30.4 Å². The Kier molecular flexibility index (Phi) is 3.36. The number of hydrogen-bond donors (Lipinski definition) is 1. The van der Waals surface area contributed by atoms with Crippen molar-refractivity contribution in [1.29, 1.82) is 0 Å². The maximum absolute atomic E-state index is 5.56. The Balaban J connectivity index is 1.94. The molecule has 1 aromatic heterocycles. The Morgan fingerprint density at radius 1 is 1.25 bits per heavy atom. The van der Waals surface area contributed by atoms with Crippen molar-refractivity contribution in [3.63, 3.8) is 0 Å². The van der Waals surface area contributed by atoms with E-state index in [9.17, 15) is 0 Å². The van der Waals surface area contributed by atoms with Gasteiger partial charge in [0.1, 0.15) is 12.4 Å². The highest BCUT2D eigenvalue weighted by Crippen LogP contribution is 2.16. The molecule has 0 amide bonds. The van der Waals surface area contributed by atoms with Gasteiger partial charge in [-0.05, 0) is 24.1 Å². The minimum absolute atomic E-state index is 0.417. The average Bonchev–Trinajstić information content (AvgIpc) is 2.73. The lowest BCUT2D eigenvalue weighted by Gasteiger charge is -2.04. The summed E-state index contributed by atoms with van der Waals surface area (Å²) in [4.78, 5) is 0. The van der Waals surface area contributed by atoms with Gasteiger partial charge in [-0.2, -0.15) is 0 Å². The van der Waals surface area contributed by atoms with Crippen molar-refractivity contribution in [3.8, 4) is 5.75 Å². The molecule has 1 aromatic carbocycles. The van der Waals surface area contributed by atoms with Crippen LogP contribution in [0, 0.1) is 0 Å². The average molecular weight is 235 g/mol. The smallest absolute Gasteiger partial charge is 0.203 e. The lowest BCUT2D eigenvalue weighted by molar-refractivity contribution is 0.304. The topological polar surface area (TPSA) is 61.0 Å². The molecule has 0 saturated carbocycles. The molecule has 2 aromatic rings. The van der Waals surface area contributed by atoms with E-state index < -0.39 is 0 Å². The van der Waals surface area contributed by atoms with Crippen molar-refractivity contribution < 1.29 is 4.74 Å². The van der Waals surface area contributed by atoms with E-state index in [4.69, 9.17) is 10.5 Å². The lowest BCUT2D eigenvalue weighted by atomic mass is 10.2. The van der Waals surface area contributed by atoms with Crippen molar-refractivity contribution >= 4 is 16.5 Å². The fourth-order valence-corrected chi connectivity index (χ4v) is 1.81. The van der Waals surface area contributed by atoms with Crippen LogP contribution in [-0.4, -0.2) is 10.2 Å². The second kappa shape index (κ2) is 4.94. The summed E-state index contributed by atoms with van der Waals surface area (Å²) in [6.07, 6.45) is 1.03. The standard InChI is InChI=1S/C11H13N3OS/c1-2-8-3-5-9(6-4-8)15-7-10-13-14-11(12)16-10/h3-6H,2,7H2,1H3,(H2,12,14). The first-order valence-electron chi connectivity index (χ1n) is 5.07. The predicted molar refractivity (Wildman–Crippen MR) is 64.5 cm³/mol. The molecule has 4 nitrogen and oxygen atoms in total. The molecule has 0 atom stereocenters. The van der Waals surface area contributed by atoms with Crippen LogP contribution in [0.3, 0.4) is 0 Å². The van der Waals surface area contributed by atoms with E-state index in [2.05, 4.69) is 29.3 Å². The lowest BCUT2D eigenvalue weighted by Crippen LogP contribution is -1.94. The molecule has 0 aliphatic carbocycles. The highest BCUT2D eigenvalue weighted by molar-refractivity contribution is 7.15. The number of nitrogen functional groups attached to an aromatic ring is 1. The van der Waals surface area contributed by atoms with Crippen LogP contribution < -0.4 is 10.5 Å². The van der Waals surface area contributed by atoms with Crippen molar-refractivity contribution in [2.75, 3.05) is 5.73 Å². The molecule has 5 heteroatoms. The van der Waals surface area contributed by atoms with E-state index in [0.717, 1.165) is 17.2 Å². The Morgan fingerprint density at radius 2 is 2.00 bits per heavy atom. The second-order valence-electron chi connectivity index (χ2n) is 3.32. The van der Waals surface area contributed by atoms with E-state index in [1.54, 1.807) is 0 Å². The van der Waals surface area contributed by atoms with Crippen molar-refractivity contribution in [2.45, 2.75) is 20.0 Å². The van der Waals surface area contributed by atoms with Crippen LogP contribution in [0.5, 0.6) is 5.75 Å². The first-order chi connectivity index (χ1) is 7.78. The van der Waals surface area contributed by atoms with Gasteiger partial charge in [0.25, 0.3) is 0 Å². The fourth-order valence-electron chi connectivity index (χ4n) is 1.29. The second-order valence-corrected chi connectivity index (χ2v) is 4.41. The highest BCUT2D eigenvalue weighted by atomic mass is 32.1. The number of nitrogens with two attached hydrogens (primary N) is 1. The molecule has 0 spiro atoms. The number of rotatable bonds is 4. The first kappa shape index (κ1) is 10.9. The Bertz CT molecular complexity index is 453. The summed E-state index contributed by atoms with van der Waals surface area (Å²) < 4.78 is 5.56. The number of aromatic nitrogens is 2. The predicted octanol–water partition coefficient (Wildman–Crippen LogP) is 2.26. The Labute approximate surface area is 98.1 Å². The third-order valence-corrected chi connectivity index (χ3v) is 2.90. The van der Waals surface area contributed by atoms with Crippen LogP contribution in [-0.2, 0) is 13.0 Å². The van der Waals surface area contributed by atoms with Crippen molar-refractivity contribution in [3.05, 3.63) is 34.8 Å². The maximum atomic E-state index is 5.56. The summed E-state index contributed by atoms with van der Waals surface area (Å²) in [5.74, 6) is 0.839. The molecule has 0 unspecified atom stereocenters. The van der Waals surface area contributed by atoms with Crippen LogP contribution in [0.25, 0.3) is 0 Å². The van der Waals surface area contributed by atoms with Crippen LogP contribution >= 0.6 is 11.3 Å². The molecule has 84 valence electrons. The maximum Gasteiger partial charge on any atom is 0.203 e. The molecular weight excluding hydrogens is 222 g/mol. The Hall–Kier alpha value is -1.62. The molecule has 0 fully saturated rings. The third kappa shape index (κ3) is 2.70. The molecule has 0 radical (unpaired) electrons. The normalized spacial score (nSPS) is 10.3. The number of anilines is 1. The minimum Gasteiger partial charge on any atom is -0.486 e. The zero-order valence-electron chi connectivity index (χ0n) is 9.01. The van der Waals surface area contributed by atoms with E-state index in [-0.39, 0.29) is 0 Å². The van der Waals surface area contributed by atoms with Crippen molar-refractivity contribution in [1.82, 2.24) is 10.2 Å². The molecule has 2 rings (SSSR count). The van der Waals surface area contributed by atoms with Crippen LogP contribution in [0.15, 0.2) is 24.3 Å². The van der Waals surface area contributed by atoms with E-state index in [1.807, 2.05) is 12.1 Å². The van der Waals surface area contributed by atoms with Gasteiger partial charge in [0.15, 0.2) is 5.01 Å².